The average Bonchev–Trinajstić information content (AvgIpc) is 2.57. The lowest BCUT2D eigenvalue weighted by Gasteiger charge is -2.32. The molecular weight excluding hydrogens is 326 g/mol. The molecule has 1 atom stereocenters. The first-order valence-electron chi connectivity index (χ1n) is 8.41. The predicted octanol–water partition coefficient (Wildman–Crippen LogP) is 3.39. The minimum Gasteiger partial charge on any atom is -0.337 e. The highest BCUT2D eigenvalue weighted by atomic mass is 35.5. The lowest BCUT2D eigenvalue weighted by Crippen LogP contribution is -2.45. The van der Waals surface area contributed by atoms with Gasteiger partial charge in [0.25, 0.3) is 5.91 Å². The Balaban J connectivity index is 1.84. The van der Waals surface area contributed by atoms with Crippen LogP contribution in [0.15, 0.2) is 23.3 Å². The molecule has 3 rings (SSSR count). The van der Waals surface area contributed by atoms with Gasteiger partial charge in [0.15, 0.2) is 0 Å². The van der Waals surface area contributed by atoms with Crippen LogP contribution in [0.2, 0.25) is 5.02 Å². The van der Waals surface area contributed by atoms with Gasteiger partial charge in [-0.2, -0.15) is 5.10 Å². The average molecular weight is 348 g/mol. The van der Waals surface area contributed by atoms with Crippen LogP contribution in [0, 0.1) is 12.8 Å². The second kappa shape index (κ2) is 6.93. The number of carbonyl (C=O) groups is 2. The number of rotatable bonds is 2. The molecule has 24 heavy (non-hydrogen) atoms. The molecule has 1 saturated heterocycles. The number of halogens is 1. The van der Waals surface area contributed by atoms with Crippen molar-refractivity contribution in [1.29, 1.82) is 0 Å². The van der Waals surface area contributed by atoms with Gasteiger partial charge in [-0.05, 0) is 43.4 Å². The summed E-state index contributed by atoms with van der Waals surface area (Å²) in [6.45, 7) is 5.60. The first kappa shape index (κ1) is 17.0. The minimum atomic E-state index is -0.113. The molecular formula is C18H22ClN3O2. The van der Waals surface area contributed by atoms with Crippen molar-refractivity contribution in [1.82, 2.24) is 4.90 Å². The fourth-order valence-electron chi connectivity index (χ4n) is 3.18. The van der Waals surface area contributed by atoms with Crippen LogP contribution in [0.5, 0.6) is 0 Å². The molecule has 2 heterocycles. The highest BCUT2D eigenvalue weighted by Gasteiger charge is 2.30. The van der Waals surface area contributed by atoms with Crippen LogP contribution >= 0.6 is 11.6 Å². The van der Waals surface area contributed by atoms with Gasteiger partial charge < -0.3 is 4.90 Å². The highest BCUT2D eigenvalue weighted by Crippen LogP contribution is 2.26. The van der Waals surface area contributed by atoms with Gasteiger partial charge in [0, 0.05) is 31.0 Å². The summed E-state index contributed by atoms with van der Waals surface area (Å²) >= 11 is 6.16. The van der Waals surface area contributed by atoms with E-state index in [4.69, 9.17) is 11.6 Å². The number of benzene rings is 1. The molecule has 1 fully saturated rings. The number of hydrogen-bond donors (Lipinski definition) is 0. The van der Waals surface area contributed by atoms with Crippen molar-refractivity contribution >= 4 is 34.8 Å². The molecule has 0 N–H and O–H groups in total. The molecule has 2 aliphatic heterocycles. The van der Waals surface area contributed by atoms with Crippen molar-refractivity contribution < 1.29 is 9.59 Å². The monoisotopic (exact) mass is 347 g/mol. The third-order valence-corrected chi connectivity index (χ3v) is 5.03. The third kappa shape index (κ3) is 3.46. The van der Waals surface area contributed by atoms with Crippen molar-refractivity contribution in [3.63, 3.8) is 0 Å². The largest absolute Gasteiger partial charge is 0.337 e. The Bertz CT molecular complexity index is 702. The summed E-state index contributed by atoms with van der Waals surface area (Å²) in [7, 11) is 0. The second-order valence-corrected chi connectivity index (χ2v) is 7.09. The standard InChI is InChI=1S/C18H22ClN3O2/c1-12-4-3-9-21(11-12)18(24)16-7-8-17(23)22(20-16)14-6-5-13(2)15(19)10-14/h5-6,10,12H,3-4,7-9,11H2,1-2H3/t12-/m0/s1. The van der Waals surface area contributed by atoms with E-state index >= 15 is 0 Å². The van der Waals surface area contributed by atoms with Gasteiger partial charge in [-0.25, -0.2) is 5.01 Å². The fraction of sp³-hybridized carbons (Fsp3) is 0.500. The molecule has 6 heteroatoms. The number of anilines is 1. The van der Waals surface area contributed by atoms with Crippen LogP contribution in [0.25, 0.3) is 0 Å². The molecule has 0 radical (unpaired) electrons. The van der Waals surface area contributed by atoms with Gasteiger partial charge in [-0.1, -0.05) is 24.6 Å². The van der Waals surface area contributed by atoms with Crippen molar-refractivity contribution in [2.75, 3.05) is 18.1 Å². The molecule has 0 unspecified atom stereocenters. The first-order valence-corrected chi connectivity index (χ1v) is 8.79. The lowest BCUT2D eigenvalue weighted by atomic mass is 9.99. The molecule has 0 aliphatic carbocycles. The second-order valence-electron chi connectivity index (χ2n) is 6.68. The summed E-state index contributed by atoms with van der Waals surface area (Å²) < 4.78 is 0. The number of hydrogen-bond acceptors (Lipinski definition) is 3. The smallest absolute Gasteiger partial charge is 0.270 e. The molecule has 0 bridgehead atoms. The van der Waals surface area contributed by atoms with E-state index in [9.17, 15) is 9.59 Å². The SMILES string of the molecule is Cc1ccc(N2N=C(C(=O)N3CCC[C@H](C)C3)CCC2=O)cc1Cl. The predicted molar refractivity (Wildman–Crippen MR) is 95.3 cm³/mol. The van der Waals surface area contributed by atoms with Gasteiger partial charge in [-0.15, -0.1) is 0 Å². The van der Waals surface area contributed by atoms with Gasteiger partial charge >= 0.3 is 0 Å². The van der Waals surface area contributed by atoms with Crippen molar-refractivity contribution in [2.24, 2.45) is 11.0 Å². The van der Waals surface area contributed by atoms with E-state index in [0.717, 1.165) is 31.5 Å². The number of carbonyl (C=O) groups excluding carboxylic acids is 2. The molecule has 1 aromatic rings. The van der Waals surface area contributed by atoms with E-state index in [-0.39, 0.29) is 11.8 Å². The van der Waals surface area contributed by atoms with Crippen LogP contribution in [0.4, 0.5) is 5.69 Å². The van der Waals surface area contributed by atoms with Crippen molar-refractivity contribution in [2.45, 2.75) is 39.5 Å². The molecule has 128 valence electrons. The van der Waals surface area contributed by atoms with Gasteiger partial charge in [-0.3, -0.25) is 9.59 Å². The summed E-state index contributed by atoms with van der Waals surface area (Å²) in [5.41, 5.74) is 2.00. The number of hydrazone groups is 1. The Hall–Kier alpha value is -1.88. The number of piperidine rings is 1. The number of aryl methyl sites for hydroxylation is 1. The quantitative estimate of drug-likeness (QED) is 0.823. The highest BCUT2D eigenvalue weighted by molar-refractivity contribution is 6.40. The van der Waals surface area contributed by atoms with Crippen LogP contribution in [0.1, 0.15) is 38.2 Å². The number of nitrogens with zero attached hydrogens (tertiary/aromatic N) is 3. The normalized spacial score (nSPS) is 21.7. The Morgan fingerprint density at radius 2 is 2.12 bits per heavy atom. The van der Waals surface area contributed by atoms with Gasteiger partial charge in [0.2, 0.25) is 5.91 Å². The van der Waals surface area contributed by atoms with Crippen molar-refractivity contribution in [3.05, 3.63) is 28.8 Å². The number of likely N-dealkylation sites (tertiary alicyclic amines) is 1. The Labute approximate surface area is 147 Å². The number of amides is 2. The summed E-state index contributed by atoms with van der Waals surface area (Å²) in [5.74, 6) is 0.358. The topological polar surface area (TPSA) is 53.0 Å². The minimum absolute atomic E-state index is 0.0442. The van der Waals surface area contributed by atoms with Crippen LogP contribution in [-0.4, -0.2) is 35.5 Å². The lowest BCUT2D eigenvalue weighted by molar-refractivity contribution is -0.126. The van der Waals surface area contributed by atoms with E-state index in [0.29, 0.717) is 35.2 Å². The zero-order chi connectivity index (χ0) is 17.3. The maximum Gasteiger partial charge on any atom is 0.270 e. The molecule has 2 aliphatic rings. The molecule has 0 spiro atoms. The summed E-state index contributed by atoms with van der Waals surface area (Å²) in [6, 6.07) is 5.37. The van der Waals surface area contributed by atoms with Crippen LogP contribution < -0.4 is 5.01 Å². The van der Waals surface area contributed by atoms with Gasteiger partial charge in [0.1, 0.15) is 5.71 Å². The molecule has 1 aromatic carbocycles. The zero-order valence-corrected chi connectivity index (χ0v) is 14.8. The molecule has 0 saturated carbocycles. The summed E-state index contributed by atoms with van der Waals surface area (Å²) in [5, 5.41) is 6.25. The van der Waals surface area contributed by atoms with Crippen molar-refractivity contribution in [3.8, 4) is 0 Å². The van der Waals surface area contributed by atoms with E-state index in [1.807, 2.05) is 17.9 Å². The van der Waals surface area contributed by atoms with E-state index < -0.39 is 0 Å². The molecule has 2 amide bonds. The fourth-order valence-corrected chi connectivity index (χ4v) is 3.35. The Morgan fingerprint density at radius 3 is 2.83 bits per heavy atom. The third-order valence-electron chi connectivity index (χ3n) is 4.62. The van der Waals surface area contributed by atoms with Crippen LogP contribution in [0.3, 0.4) is 0 Å². The Kier molecular flexibility index (Phi) is 4.90. The Morgan fingerprint density at radius 1 is 1.33 bits per heavy atom. The first-order chi connectivity index (χ1) is 11.5. The summed E-state index contributed by atoms with van der Waals surface area (Å²) in [4.78, 5) is 26.8. The maximum absolute atomic E-state index is 12.7. The van der Waals surface area contributed by atoms with Crippen LogP contribution in [-0.2, 0) is 9.59 Å². The zero-order valence-electron chi connectivity index (χ0n) is 14.1. The van der Waals surface area contributed by atoms with E-state index in [1.165, 1.54) is 5.01 Å². The van der Waals surface area contributed by atoms with E-state index in [2.05, 4.69) is 12.0 Å². The molecule has 5 nitrogen and oxygen atoms in total. The summed E-state index contributed by atoms with van der Waals surface area (Å²) in [6.07, 6.45) is 2.87. The van der Waals surface area contributed by atoms with E-state index in [1.54, 1.807) is 12.1 Å². The van der Waals surface area contributed by atoms with Gasteiger partial charge in [0.05, 0.1) is 5.69 Å². The maximum atomic E-state index is 12.7. The molecule has 0 aromatic heterocycles.